The van der Waals surface area contributed by atoms with E-state index in [1.165, 1.54) is 5.56 Å². The Hall–Kier alpha value is -3.82. The smallest absolute Gasteiger partial charge is 0.227 e. The molecule has 0 saturated carbocycles. The number of hydrogen-bond acceptors (Lipinski definition) is 8. The Balaban J connectivity index is 1.21. The minimum Gasteiger partial charge on any atom is -0.365 e. The molecule has 8 nitrogen and oxygen atoms in total. The van der Waals surface area contributed by atoms with Gasteiger partial charge in [0.05, 0.1) is 5.69 Å². The summed E-state index contributed by atoms with van der Waals surface area (Å²) in [6, 6.07) is 17.1. The average Bonchev–Trinajstić information content (AvgIpc) is 3.60. The van der Waals surface area contributed by atoms with Crippen molar-refractivity contribution in [3.63, 3.8) is 0 Å². The number of rotatable bonds is 8. The Morgan fingerprint density at radius 3 is 2.61 bits per heavy atom. The van der Waals surface area contributed by atoms with Crippen molar-refractivity contribution in [1.29, 1.82) is 0 Å². The molecule has 1 aliphatic heterocycles. The molecule has 6 rings (SSSR count). The minimum atomic E-state index is 0.340. The SMILES string of the molecule is c1ccc(CN2CCC(Nc3nc(NCc4cccnc4)nc4c3ncn4-c3ccsc3)CC2)cc1. The number of nitrogens with zero attached hydrogens (tertiary/aromatic N) is 6. The molecule has 1 saturated heterocycles. The number of pyridine rings is 1. The van der Waals surface area contributed by atoms with Crippen molar-refractivity contribution in [3.8, 4) is 5.69 Å². The Morgan fingerprint density at radius 2 is 1.83 bits per heavy atom. The van der Waals surface area contributed by atoms with E-state index < -0.39 is 0 Å². The second-order valence-electron chi connectivity index (χ2n) is 9.06. The van der Waals surface area contributed by atoms with Gasteiger partial charge in [-0.25, -0.2) is 4.98 Å². The maximum absolute atomic E-state index is 4.85. The summed E-state index contributed by atoms with van der Waals surface area (Å²) in [5.41, 5.74) is 5.08. The van der Waals surface area contributed by atoms with Gasteiger partial charge in [0.1, 0.15) is 6.33 Å². The second kappa shape index (κ2) is 10.4. The number of nitrogens with one attached hydrogen (secondary N) is 2. The number of fused-ring (bicyclic) bond motifs is 1. The van der Waals surface area contributed by atoms with E-state index in [9.17, 15) is 0 Å². The van der Waals surface area contributed by atoms with Gasteiger partial charge < -0.3 is 10.6 Å². The van der Waals surface area contributed by atoms with Gasteiger partial charge in [-0.1, -0.05) is 36.4 Å². The monoisotopic (exact) mass is 496 g/mol. The molecule has 182 valence electrons. The molecule has 0 radical (unpaired) electrons. The van der Waals surface area contributed by atoms with E-state index in [0.717, 1.165) is 60.7 Å². The molecule has 5 aromatic rings. The maximum Gasteiger partial charge on any atom is 0.227 e. The number of hydrogen-bond donors (Lipinski definition) is 2. The molecule has 9 heteroatoms. The molecule has 2 N–H and O–H groups in total. The lowest BCUT2D eigenvalue weighted by molar-refractivity contribution is 0.211. The van der Waals surface area contributed by atoms with Gasteiger partial charge in [0.15, 0.2) is 17.0 Å². The van der Waals surface area contributed by atoms with Gasteiger partial charge in [0.25, 0.3) is 0 Å². The highest BCUT2D eigenvalue weighted by Gasteiger charge is 2.22. The van der Waals surface area contributed by atoms with Gasteiger partial charge in [0, 0.05) is 50.0 Å². The van der Waals surface area contributed by atoms with Crippen molar-refractivity contribution in [3.05, 3.63) is 89.1 Å². The predicted molar refractivity (Wildman–Crippen MR) is 144 cm³/mol. The Labute approximate surface area is 214 Å². The highest BCUT2D eigenvalue weighted by atomic mass is 32.1. The van der Waals surface area contributed by atoms with E-state index in [2.05, 4.69) is 67.7 Å². The molecule has 0 aliphatic carbocycles. The number of imidazole rings is 1. The Morgan fingerprint density at radius 1 is 0.972 bits per heavy atom. The summed E-state index contributed by atoms with van der Waals surface area (Å²) in [4.78, 5) is 21.1. The van der Waals surface area contributed by atoms with E-state index in [4.69, 9.17) is 15.0 Å². The van der Waals surface area contributed by atoms with Crippen LogP contribution in [0.25, 0.3) is 16.9 Å². The Bertz CT molecular complexity index is 1390. The number of likely N-dealkylation sites (tertiary alicyclic amines) is 1. The third-order valence-corrected chi connectivity index (χ3v) is 7.20. The third kappa shape index (κ3) is 5.07. The van der Waals surface area contributed by atoms with Crippen LogP contribution in [-0.4, -0.2) is 48.5 Å². The zero-order valence-electron chi connectivity index (χ0n) is 19.9. The topological polar surface area (TPSA) is 83.8 Å². The van der Waals surface area contributed by atoms with Crippen LogP contribution in [0.4, 0.5) is 11.8 Å². The quantitative estimate of drug-likeness (QED) is 0.314. The lowest BCUT2D eigenvalue weighted by Gasteiger charge is -2.32. The van der Waals surface area contributed by atoms with Crippen LogP contribution in [0.3, 0.4) is 0 Å². The van der Waals surface area contributed by atoms with Crippen LogP contribution in [0.5, 0.6) is 0 Å². The minimum absolute atomic E-state index is 0.340. The number of piperidine rings is 1. The van der Waals surface area contributed by atoms with E-state index in [1.54, 1.807) is 17.5 Å². The van der Waals surface area contributed by atoms with E-state index in [0.29, 0.717) is 18.5 Å². The molecule has 1 aromatic carbocycles. The van der Waals surface area contributed by atoms with Gasteiger partial charge in [-0.05, 0) is 41.5 Å². The summed E-state index contributed by atoms with van der Waals surface area (Å²) in [5.74, 6) is 1.36. The van der Waals surface area contributed by atoms with Gasteiger partial charge in [-0.15, -0.1) is 0 Å². The van der Waals surface area contributed by atoms with Crippen molar-refractivity contribution in [1.82, 2.24) is 29.4 Å². The standard InChI is InChI=1S/C27H28N8S/c1-2-5-20(6-3-1)17-34-12-8-22(9-13-34)31-25-24-26(35(19-30-24)23-10-14-36-18-23)33-27(32-25)29-16-21-7-4-11-28-15-21/h1-7,10-11,14-15,18-19,22H,8-9,12-13,16-17H2,(H2,29,31,32,33). The first-order valence-electron chi connectivity index (χ1n) is 12.2. The molecular weight excluding hydrogens is 468 g/mol. The predicted octanol–water partition coefficient (Wildman–Crippen LogP) is 4.96. The van der Waals surface area contributed by atoms with Crippen LogP contribution < -0.4 is 10.6 Å². The van der Waals surface area contributed by atoms with Gasteiger partial charge in [-0.3, -0.25) is 14.5 Å². The van der Waals surface area contributed by atoms with Gasteiger partial charge in [-0.2, -0.15) is 21.3 Å². The largest absolute Gasteiger partial charge is 0.365 e. The highest BCUT2D eigenvalue weighted by molar-refractivity contribution is 7.08. The lowest BCUT2D eigenvalue weighted by atomic mass is 10.0. The van der Waals surface area contributed by atoms with E-state index in [1.807, 2.05) is 29.2 Å². The van der Waals surface area contributed by atoms with Crippen LogP contribution in [0.2, 0.25) is 0 Å². The number of thiophene rings is 1. The highest BCUT2D eigenvalue weighted by Crippen LogP contribution is 2.27. The van der Waals surface area contributed by atoms with E-state index in [-0.39, 0.29) is 0 Å². The van der Waals surface area contributed by atoms with E-state index >= 15 is 0 Å². The number of aromatic nitrogens is 5. The average molecular weight is 497 g/mol. The van der Waals surface area contributed by atoms with Crippen molar-refractivity contribution in [2.45, 2.75) is 32.0 Å². The zero-order valence-corrected chi connectivity index (χ0v) is 20.7. The first kappa shape index (κ1) is 22.6. The molecule has 0 unspecified atom stereocenters. The van der Waals surface area contributed by atoms with Crippen LogP contribution in [0, 0.1) is 0 Å². The van der Waals surface area contributed by atoms with Crippen LogP contribution in [0.15, 0.2) is 78.0 Å². The van der Waals surface area contributed by atoms with Crippen molar-refractivity contribution < 1.29 is 0 Å². The Kier molecular flexibility index (Phi) is 6.56. The summed E-state index contributed by atoms with van der Waals surface area (Å²) in [5, 5.41) is 11.2. The lowest BCUT2D eigenvalue weighted by Crippen LogP contribution is -2.38. The number of anilines is 2. The first-order chi connectivity index (χ1) is 17.8. The van der Waals surface area contributed by atoms with Gasteiger partial charge >= 0.3 is 0 Å². The fraction of sp³-hybridized carbons (Fsp3) is 0.259. The second-order valence-corrected chi connectivity index (χ2v) is 9.84. The fourth-order valence-corrected chi connectivity index (χ4v) is 5.25. The maximum atomic E-state index is 4.85. The third-order valence-electron chi connectivity index (χ3n) is 6.53. The molecule has 36 heavy (non-hydrogen) atoms. The molecule has 0 amide bonds. The zero-order chi connectivity index (χ0) is 24.2. The van der Waals surface area contributed by atoms with Crippen molar-refractivity contribution >= 4 is 34.3 Å². The number of benzene rings is 1. The molecule has 0 spiro atoms. The molecule has 5 heterocycles. The molecule has 4 aromatic heterocycles. The van der Waals surface area contributed by atoms with Crippen LogP contribution >= 0.6 is 11.3 Å². The normalized spacial score (nSPS) is 14.8. The van der Waals surface area contributed by atoms with Crippen LogP contribution in [0.1, 0.15) is 24.0 Å². The summed E-state index contributed by atoms with van der Waals surface area (Å²) in [6.45, 7) is 3.70. The van der Waals surface area contributed by atoms with Crippen LogP contribution in [-0.2, 0) is 13.1 Å². The molecule has 0 bridgehead atoms. The molecule has 1 aliphatic rings. The summed E-state index contributed by atoms with van der Waals surface area (Å²) in [7, 11) is 0. The van der Waals surface area contributed by atoms with Crippen molar-refractivity contribution in [2.24, 2.45) is 0 Å². The first-order valence-corrected chi connectivity index (χ1v) is 13.2. The van der Waals surface area contributed by atoms with Gasteiger partial charge in [0.2, 0.25) is 5.95 Å². The summed E-state index contributed by atoms with van der Waals surface area (Å²) < 4.78 is 2.02. The molecule has 0 atom stereocenters. The molecule has 1 fully saturated rings. The van der Waals surface area contributed by atoms with Crippen molar-refractivity contribution in [2.75, 3.05) is 23.7 Å². The summed E-state index contributed by atoms with van der Waals surface area (Å²) >= 11 is 1.66. The fourth-order valence-electron chi connectivity index (χ4n) is 4.62. The molecular formula is C27H28N8S. The summed E-state index contributed by atoms with van der Waals surface area (Å²) in [6.07, 6.45) is 7.58.